The molecule has 88 valence electrons. The SMILES string of the molecule is Cc1c(N)cccc1-c1cnc2ccccc2c1. The van der Waals surface area contributed by atoms with Gasteiger partial charge in [-0.15, -0.1) is 0 Å². The second kappa shape index (κ2) is 4.15. The van der Waals surface area contributed by atoms with Gasteiger partial charge >= 0.3 is 0 Å². The number of nitrogens with two attached hydrogens (primary N) is 1. The van der Waals surface area contributed by atoms with Crippen molar-refractivity contribution in [3.63, 3.8) is 0 Å². The van der Waals surface area contributed by atoms with Gasteiger partial charge in [0.1, 0.15) is 0 Å². The zero-order chi connectivity index (χ0) is 12.5. The summed E-state index contributed by atoms with van der Waals surface area (Å²) in [6, 6.07) is 16.3. The van der Waals surface area contributed by atoms with Gasteiger partial charge in [0.15, 0.2) is 0 Å². The van der Waals surface area contributed by atoms with E-state index in [1.165, 1.54) is 0 Å². The van der Waals surface area contributed by atoms with Crippen molar-refractivity contribution in [1.29, 1.82) is 0 Å². The van der Waals surface area contributed by atoms with Gasteiger partial charge < -0.3 is 5.73 Å². The van der Waals surface area contributed by atoms with E-state index < -0.39 is 0 Å². The summed E-state index contributed by atoms with van der Waals surface area (Å²) in [5.41, 5.74) is 11.1. The summed E-state index contributed by atoms with van der Waals surface area (Å²) in [4.78, 5) is 4.49. The standard InChI is InChI=1S/C16H14N2/c1-11-14(6-4-7-15(11)17)13-9-12-5-2-3-8-16(12)18-10-13/h2-10H,17H2,1H3. The fraction of sp³-hybridized carbons (Fsp3) is 0.0625. The van der Waals surface area contributed by atoms with Crippen molar-refractivity contribution in [3.05, 3.63) is 60.3 Å². The number of nitrogen functional groups attached to an aromatic ring is 1. The monoisotopic (exact) mass is 234 g/mol. The Morgan fingerprint density at radius 3 is 2.72 bits per heavy atom. The van der Waals surface area contributed by atoms with Gasteiger partial charge in [-0.2, -0.15) is 0 Å². The largest absolute Gasteiger partial charge is 0.398 e. The second-order valence-corrected chi connectivity index (χ2v) is 4.44. The Bertz CT molecular complexity index is 717. The lowest BCUT2D eigenvalue weighted by atomic mass is 9.99. The van der Waals surface area contributed by atoms with Crippen LogP contribution in [0.1, 0.15) is 5.56 Å². The summed E-state index contributed by atoms with van der Waals surface area (Å²) in [6.45, 7) is 2.04. The van der Waals surface area contributed by atoms with Crippen LogP contribution in [0.2, 0.25) is 0 Å². The molecule has 0 fully saturated rings. The summed E-state index contributed by atoms with van der Waals surface area (Å²) in [5, 5.41) is 1.15. The molecule has 3 rings (SSSR count). The van der Waals surface area contributed by atoms with Gasteiger partial charge in [0.25, 0.3) is 0 Å². The highest BCUT2D eigenvalue weighted by Crippen LogP contribution is 2.28. The zero-order valence-electron chi connectivity index (χ0n) is 10.2. The first-order valence-electron chi connectivity index (χ1n) is 5.96. The Labute approximate surface area is 106 Å². The third kappa shape index (κ3) is 1.72. The predicted molar refractivity (Wildman–Crippen MR) is 76.3 cm³/mol. The molecule has 0 atom stereocenters. The Morgan fingerprint density at radius 1 is 1.00 bits per heavy atom. The maximum atomic E-state index is 5.95. The molecule has 2 aromatic carbocycles. The van der Waals surface area contributed by atoms with Crippen molar-refractivity contribution in [2.24, 2.45) is 0 Å². The third-order valence-electron chi connectivity index (χ3n) is 3.28. The summed E-state index contributed by atoms with van der Waals surface area (Å²) in [6.07, 6.45) is 1.91. The minimum atomic E-state index is 0.820. The van der Waals surface area contributed by atoms with Gasteiger partial charge in [-0.3, -0.25) is 4.98 Å². The van der Waals surface area contributed by atoms with Crippen LogP contribution in [0.15, 0.2) is 54.7 Å². The number of aromatic nitrogens is 1. The van der Waals surface area contributed by atoms with Gasteiger partial charge in [-0.25, -0.2) is 0 Å². The van der Waals surface area contributed by atoms with Crippen LogP contribution in [-0.2, 0) is 0 Å². The van der Waals surface area contributed by atoms with E-state index in [1.54, 1.807) is 0 Å². The van der Waals surface area contributed by atoms with Crippen LogP contribution in [0.5, 0.6) is 0 Å². The molecular weight excluding hydrogens is 220 g/mol. The number of anilines is 1. The molecule has 0 saturated carbocycles. The molecule has 2 N–H and O–H groups in total. The van der Waals surface area contributed by atoms with E-state index in [9.17, 15) is 0 Å². The van der Waals surface area contributed by atoms with Crippen molar-refractivity contribution in [1.82, 2.24) is 4.98 Å². The highest BCUT2D eigenvalue weighted by atomic mass is 14.6. The maximum absolute atomic E-state index is 5.95. The lowest BCUT2D eigenvalue weighted by molar-refractivity contribution is 1.39. The first-order valence-corrected chi connectivity index (χ1v) is 5.96. The Morgan fingerprint density at radius 2 is 1.83 bits per heavy atom. The van der Waals surface area contributed by atoms with Crippen molar-refractivity contribution in [2.75, 3.05) is 5.73 Å². The summed E-state index contributed by atoms with van der Waals surface area (Å²) < 4.78 is 0. The summed E-state index contributed by atoms with van der Waals surface area (Å²) >= 11 is 0. The Hall–Kier alpha value is -2.35. The van der Waals surface area contributed by atoms with E-state index in [0.717, 1.165) is 33.3 Å². The molecule has 0 radical (unpaired) electrons. The average Bonchev–Trinajstić information content (AvgIpc) is 2.41. The van der Waals surface area contributed by atoms with Crippen LogP contribution in [0, 0.1) is 6.92 Å². The average molecular weight is 234 g/mol. The highest BCUT2D eigenvalue weighted by molar-refractivity contribution is 5.84. The molecule has 1 heterocycles. The van der Waals surface area contributed by atoms with Crippen LogP contribution in [-0.4, -0.2) is 4.98 Å². The first-order chi connectivity index (χ1) is 8.75. The molecule has 0 bridgehead atoms. The summed E-state index contributed by atoms with van der Waals surface area (Å²) in [5.74, 6) is 0. The molecule has 0 aliphatic carbocycles. The number of rotatable bonds is 1. The van der Waals surface area contributed by atoms with E-state index in [1.807, 2.05) is 43.5 Å². The van der Waals surface area contributed by atoms with Gasteiger partial charge in [0.05, 0.1) is 5.52 Å². The van der Waals surface area contributed by atoms with Gasteiger partial charge in [0.2, 0.25) is 0 Å². The quantitative estimate of drug-likeness (QED) is 0.650. The fourth-order valence-electron chi connectivity index (χ4n) is 2.18. The van der Waals surface area contributed by atoms with Crippen LogP contribution in [0.4, 0.5) is 5.69 Å². The van der Waals surface area contributed by atoms with Crippen LogP contribution >= 0.6 is 0 Å². The van der Waals surface area contributed by atoms with E-state index in [2.05, 4.69) is 23.2 Å². The molecule has 0 spiro atoms. The molecule has 3 aromatic rings. The van der Waals surface area contributed by atoms with Crippen LogP contribution < -0.4 is 5.73 Å². The second-order valence-electron chi connectivity index (χ2n) is 4.44. The third-order valence-corrected chi connectivity index (χ3v) is 3.28. The number of fused-ring (bicyclic) bond motifs is 1. The van der Waals surface area contributed by atoms with E-state index in [4.69, 9.17) is 5.73 Å². The number of hydrogen-bond acceptors (Lipinski definition) is 2. The molecule has 0 aliphatic heterocycles. The smallest absolute Gasteiger partial charge is 0.0702 e. The Balaban J connectivity index is 2.22. The van der Waals surface area contributed by atoms with Crippen molar-refractivity contribution in [3.8, 4) is 11.1 Å². The molecule has 2 heteroatoms. The lowest BCUT2D eigenvalue weighted by Gasteiger charge is -2.09. The van der Waals surface area contributed by atoms with Crippen molar-refractivity contribution >= 4 is 16.6 Å². The van der Waals surface area contributed by atoms with Crippen molar-refractivity contribution < 1.29 is 0 Å². The number of nitrogens with zero attached hydrogens (tertiary/aromatic N) is 1. The van der Waals surface area contributed by atoms with Gasteiger partial charge in [-0.05, 0) is 36.2 Å². The molecule has 0 saturated heterocycles. The van der Waals surface area contributed by atoms with Crippen molar-refractivity contribution in [2.45, 2.75) is 6.92 Å². The lowest BCUT2D eigenvalue weighted by Crippen LogP contribution is -1.92. The van der Waals surface area contributed by atoms with E-state index >= 15 is 0 Å². The number of hydrogen-bond donors (Lipinski definition) is 1. The van der Waals surface area contributed by atoms with E-state index in [-0.39, 0.29) is 0 Å². The Kier molecular flexibility index (Phi) is 2.49. The van der Waals surface area contributed by atoms with Crippen LogP contribution in [0.25, 0.3) is 22.0 Å². The van der Waals surface area contributed by atoms with E-state index in [0.29, 0.717) is 0 Å². The fourth-order valence-corrected chi connectivity index (χ4v) is 2.18. The van der Waals surface area contributed by atoms with Gasteiger partial charge in [-0.1, -0.05) is 30.3 Å². The molecule has 0 aliphatic rings. The number of pyridine rings is 1. The van der Waals surface area contributed by atoms with Crippen LogP contribution in [0.3, 0.4) is 0 Å². The molecule has 0 unspecified atom stereocenters. The minimum Gasteiger partial charge on any atom is -0.398 e. The zero-order valence-corrected chi connectivity index (χ0v) is 10.2. The first kappa shape index (κ1) is 10.8. The molecule has 18 heavy (non-hydrogen) atoms. The minimum absolute atomic E-state index is 0.820. The maximum Gasteiger partial charge on any atom is 0.0702 e. The molecule has 1 aromatic heterocycles. The molecule has 2 nitrogen and oxygen atoms in total. The van der Waals surface area contributed by atoms with Gasteiger partial charge in [0, 0.05) is 22.8 Å². The molecular formula is C16H14N2. The predicted octanol–water partition coefficient (Wildman–Crippen LogP) is 3.79. The topological polar surface area (TPSA) is 38.9 Å². The number of para-hydroxylation sites is 1. The summed E-state index contributed by atoms with van der Waals surface area (Å²) in [7, 11) is 0. The highest BCUT2D eigenvalue weighted by Gasteiger charge is 2.05. The number of benzene rings is 2. The molecule has 0 amide bonds. The normalized spacial score (nSPS) is 10.7.